The molecule has 1 aliphatic heterocycles. The molecule has 3 heterocycles. The van der Waals surface area contributed by atoms with E-state index in [4.69, 9.17) is 11.6 Å². The van der Waals surface area contributed by atoms with Crippen molar-refractivity contribution in [2.45, 2.75) is 12.5 Å². The number of anilines is 1. The average Bonchev–Trinajstić information content (AvgIpc) is 3.35. The van der Waals surface area contributed by atoms with Crippen molar-refractivity contribution in [1.82, 2.24) is 15.5 Å². The molecule has 25 heavy (non-hydrogen) atoms. The van der Waals surface area contributed by atoms with Gasteiger partial charge in [0.15, 0.2) is 5.82 Å². The van der Waals surface area contributed by atoms with Gasteiger partial charge in [-0.25, -0.2) is 0 Å². The Balaban J connectivity index is 1.39. The van der Waals surface area contributed by atoms with Crippen LogP contribution in [0.2, 0.25) is 4.34 Å². The van der Waals surface area contributed by atoms with Gasteiger partial charge in [0.05, 0.1) is 14.9 Å². The number of rotatable bonds is 4. The fraction of sp³-hybridized carbons (Fsp3) is 0.222. The number of halogens is 1. The van der Waals surface area contributed by atoms with Gasteiger partial charge in [0.25, 0.3) is 5.91 Å². The maximum absolute atomic E-state index is 12.2. The second kappa shape index (κ2) is 6.90. The van der Waals surface area contributed by atoms with Crippen LogP contribution >= 0.6 is 22.9 Å². The van der Waals surface area contributed by atoms with E-state index in [2.05, 4.69) is 38.6 Å². The Hall–Kier alpha value is -2.31. The first-order valence-corrected chi connectivity index (χ1v) is 9.30. The molecular weight excluding hydrogens is 356 g/mol. The van der Waals surface area contributed by atoms with Crippen molar-refractivity contribution in [2.24, 2.45) is 0 Å². The van der Waals surface area contributed by atoms with E-state index in [9.17, 15) is 4.79 Å². The third-order valence-electron chi connectivity index (χ3n) is 4.29. The summed E-state index contributed by atoms with van der Waals surface area (Å²) >= 11 is 7.20. The van der Waals surface area contributed by atoms with Crippen LogP contribution in [0.5, 0.6) is 0 Å². The number of aromatic amines is 1. The number of nitrogens with one attached hydrogen (secondary N) is 2. The molecule has 1 amide bonds. The minimum atomic E-state index is -0.0595. The number of hydrogen-bond acceptors (Lipinski definition) is 4. The molecule has 7 heteroatoms. The second-order valence-electron chi connectivity index (χ2n) is 6.01. The Labute approximate surface area is 154 Å². The highest BCUT2D eigenvalue weighted by Crippen LogP contribution is 2.25. The maximum Gasteiger partial charge on any atom is 0.261 e. The number of H-pyrrole nitrogens is 1. The van der Waals surface area contributed by atoms with Gasteiger partial charge in [-0.1, -0.05) is 41.9 Å². The van der Waals surface area contributed by atoms with E-state index in [1.807, 2.05) is 18.2 Å². The highest BCUT2D eigenvalue weighted by Gasteiger charge is 2.26. The first-order valence-electron chi connectivity index (χ1n) is 8.11. The number of nitrogens with zero attached hydrogens (tertiary/aromatic N) is 2. The molecule has 128 valence electrons. The van der Waals surface area contributed by atoms with Crippen molar-refractivity contribution in [3.05, 3.63) is 57.7 Å². The predicted octanol–water partition coefficient (Wildman–Crippen LogP) is 3.80. The van der Waals surface area contributed by atoms with E-state index in [0.717, 1.165) is 36.6 Å². The van der Waals surface area contributed by atoms with Crippen molar-refractivity contribution in [2.75, 3.05) is 18.0 Å². The molecule has 0 aliphatic carbocycles. The molecule has 1 fully saturated rings. The lowest BCUT2D eigenvalue weighted by molar-refractivity contribution is 0.0944. The van der Waals surface area contributed by atoms with Gasteiger partial charge in [0, 0.05) is 25.2 Å². The minimum absolute atomic E-state index is 0.0595. The fourth-order valence-electron chi connectivity index (χ4n) is 3.02. The van der Waals surface area contributed by atoms with Gasteiger partial charge < -0.3 is 10.2 Å². The smallest absolute Gasteiger partial charge is 0.261 e. The summed E-state index contributed by atoms with van der Waals surface area (Å²) in [6.07, 6.45) is 0.901. The number of hydrogen-bond donors (Lipinski definition) is 2. The topological polar surface area (TPSA) is 61.0 Å². The van der Waals surface area contributed by atoms with Gasteiger partial charge >= 0.3 is 0 Å². The summed E-state index contributed by atoms with van der Waals surface area (Å²) in [5, 5.41) is 10.6. The van der Waals surface area contributed by atoms with Crippen molar-refractivity contribution >= 4 is 34.7 Å². The van der Waals surface area contributed by atoms with E-state index in [1.54, 1.807) is 12.1 Å². The van der Waals surface area contributed by atoms with E-state index in [0.29, 0.717) is 9.21 Å². The van der Waals surface area contributed by atoms with E-state index in [1.165, 1.54) is 11.3 Å². The maximum atomic E-state index is 12.2. The summed E-state index contributed by atoms with van der Waals surface area (Å²) in [5.41, 5.74) is 2.11. The van der Waals surface area contributed by atoms with Crippen molar-refractivity contribution < 1.29 is 4.79 Å². The molecule has 0 spiro atoms. The summed E-state index contributed by atoms with van der Waals surface area (Å²) in [5.74, 6) is 0.852. The molecule has 3 aromatic rings. The van der Waals surface area contributed by atoms with Gasteiger partial charge in [0.1, 0.15) is 0 Å². The van der Waals surface area contributed by atoms with E-state index >= 15 is 0 Å². The number of amides is 1. The molecule has 0 radical (unpaired) electrons. The van der Waals surface area contributed by atoms with Crippen LogP contribution in [0.25, 0.3) is 11.3 Å². The van der Waals surface area contributed by atoms with Crippen LogP contribution in [-0.2, 0) is 0 Å². The SMILES string of the molecule is O=C(NC1CCN(c2cc(-c3ccccc3)[nH]n2)C1)c1ccc(Cl)s1. The molecule has 1 aliphatic rings. The first-order chi connectivity index (χ1) is 12.2. The number of benzene rings is 1. The summed E-state index contributed by atoms with van der Waals surface area (Å²) in [6.45, 7) is 1.62. The summed E-state index contributed by atoms with van der Waals surface area (Å²) in [7, 11) is 0. The molecular formula is C18H17ClN4OS. The highest BCUT2D eigenvalue weighted by atomic mass is 35.5. The first kappa shape index (κ1) is 16.2. The van der Waals surface area contributed by atoms with Crippen LogP contribution in [0.1, 0.15) is 16.1 Å². The molecule has 1 saturated heterocycles. The monoisotopic (exact) mass is 372 g/mol. The standard InChI is InChI=1S/C18H17ClN4OS/c19-16-7-6-15(25-16)18(24)20-13-8-9-23(11-13)17-10-14(21-22-17)12-4-2-1-3-5-12/h1-7,10,13H,8-9,11H2,(H,20,24)(H,21,22). The molecule has 0 bridgehead atoms. The normalized spacial score (nSPS) is 17.0. The van der Waals surface area contributed by atoms with E-state index < -0.39 is 0 Å². The molecule has 2 N–H and O–H groups in total. The van der Waals surface area contributed by atoms with Crippen LogP contribution in [0.15, 0.2) is 48.5 Å². The van der Waals surface area contributed by atoms with Gasteiger partial charge in [0.2, 0.25) is 0 Å². The molecule has 1 aromatic carbocycles. The minimum Gasteiger partial charge on any atom is -0.353 e. The quantitative estimate of drug-likeness (QED) is 0.732. The Morgan fingerprint density at radius 1 is 1.28 bits per heavy atom. The van der Waals surface area contributed by atoms with Crippen molar-refractivity contribution in [1.29, 1.82) is 0 Å². The zero-order valence-electron chi connectivity index (χ0n) is 13.4. The molecule has 1 atom stereocenters. The van der Waals surface area contributed by atoms with Crippen LogP contribution in [0.3, 0.4) is 0 Å². The lowest BCUT2D eigenvalue weighted by atomic mass is 10.1. The molecule has 2 aromatic heterocycles. The number of thiophene rings is 1. The zero-order valence-corrected chi connectivity index (χ0v) is 15.0. The van der Waals surface area contributed by atoms with E-state index in [-0.39, 0.29) is 11.9 Å². The Morgan fingerprint density at radius 3 is 2.88 bits per heavy atom. The molecule has 0 saturated carbocycles. The zero-order chi connectivity index (χ0) is 17.2. The van der Waals surface area contributed by atoms with Crippen LogP contribution < -0.4 is 10.2 Å². The molecule has 5 nitrogen and oxygen atoms in total. The Kier molecular flexibility index (Phi) is 4.46. The third-order valence-corrected chi connectivity index (χ3v) is 5.52. The van der Waals surface area contributed by atoms with Crippen LogP contribution in [0, 0.1) is 0 Å². The fourth-order valence-corrected chi connectivity index (χ4v) is 3.96. The number of carbonyl (C=O) groups excluding carboxylic acids is 1. The van der Waals surface area contributed by atoms with Crippen molar-refractivity contribution in [3.8, 4) is 11.3 Å². The summed E-state index contributed by atoms with van der Waals surface area (Å²) < 4.78 is 0.628. The second-order valence-corrected chi connectivity index (χ2v) is 7.73. The van der Waals surface area contributed by atoms with Gasteiger partial charge in [-0.05, 0) is 24.1 Å². The third kappa shape index (κ3) is 3.55. The lowest BCUT2D eigenvalue weighted by Crippen LogP contribution is -2.36. The number of carbonyl (C=O) groups is 1. The predicted molar refractivity (Wildman–Crippen MR) is 101 cm³/mol. The summed E-state index contributed by atoms with van der Waals surface area (Å²) in [4.78, 5) is 15.1. The highest BCUT2D eigenvalue weighted by molar-refractivity contribution is 7.18. The van der Waals surface area contributed by atoms with Crippen LogP contribution in [-0.4, -0.2) is 35.2 Å². The average molecular weight is 373 g/mol. The Bertz CT molecular complexity index is 876. The Morgan fingerprint density at radius 2 is 2.12 bits per heavy atom. The summed E-state index contributed by atoms with van der Waals surface area (Å²) in [6, 6.07) is 15.8. The molecule has 1 unspecified atom stereocenters. The van der Waals surface area contributed by atoms with Gasteiger partial charge in [-0.3, -0.25) is 9.89 Å². The molecule has 4 rings (SSSR count). The largest absolute Gasteiger partial charge is 0.353 e. The van der Waals surface area contributed by atoms with Crippen molar-refractivity contribution in [3.63, 3.8) is 0 Å². The van der Waals surface area contributed by atoms with Crippen LogP contribution in [0.4, 0.5) is 5.82 Å². The van der Waals surface area contributed by atoms with Gasteiger partial charge in [-0.2, -0.15) is 5.10 Å². The number of aromatic nitrogens is 2. The lowest BCUT2D eigenvalue weighted by Gasteiger charge is -2.15. The van der Waals surface area contributed by atoms with Gasteiger partial charge in [-0.15, -0.1) is 11.3 Å².